The summed E-state index contributed by atoms with van der Waals surface area (Å²) in [4.78, 5) is 16.7. The van der Waals surface area contributed by atoms with Crippen molar-refractivity contribution in [2.45, 2.75) is 12.6 Å². The van der Waals surface area contributed by atoms with E-state index in [2.05, 4.69) is 4.90 Å². The van der Waals surface area contributed by atoms with Gasteiger partial charge in [-0.05, 0) is 30.3 Å². The summed E-state index contributed by atoms with van der Waals surface area (Å²) >= 11 is 0. The van der Waals surface area contributed by atoms with Crippen molar-refractivity contribution in [2.24, 2.45) is 0 Å². The van der Waals surface area contributed by atoms with E-state index in [4.69, 9.17) is 9.15 Å². The zero-order chi connectivity index (χ0) is 22.0. The number of hydrogen-bond acceptors (Lipinski definition) is 5. The van der Waals surface area contributed by atoms with E-state index in [1.165, 1.54) is 25.3 Å². The minimum absolute atomic E-state index is 0.136. The molecule has 0 bridgehead atoms. The number of halogens is 3. The molecule has 8 heteroatoms. The van der Waals surface area contributed by atoms with E-state index in [0.29, 0.717) is 54.2 Å². The van der Waals surface area contributed by atoms with E-state index in [1.54, 1.807) is 24.3 Å². The number of anilines is 1. The predicted octanol–water partition coefficient (Wildman–Crippen LogP) is 4.19. The zero-order valence-corrected chi connectivity index (χ0v) is 17.1. The highest BCUT2D eigenvalue weighted by atomic mass is 19.4. The third-order valence-electron chi connectivity index (χ3n) is 5.57. The number of hydrogen-bond donors (Lipinski definition) is 0. The van der Waals surface area contributed by atoms with Crippen molar-refractivity contribution in [3.8, 4) is 5.75 Å². The van der Waals surface area contributed by atoms with Crippen LogP contribution >= 0.6 is 0 Å². The van der Waals surface area contributed by atoms with E-state index in [-0.39, 0.29) is 5.43 Å². The highest BCUT2D eigenvalue weighted by molar-refractivity contribution is 5.83. The Balaban J connectivity index is 1.37. The number of ether oxygens (including phenoxy) is 1. The molecule has 0 N–H and O–H groups in total. The molecule has 3 aromatic rings. The average Bonchev–Trinajstić information content (AvgIpc) is 2.77. The molecule has 1 aliphatic heterocycles. The monoisotopic (exact) mass is 432 g/mol. The van der Waals surface area contributed by atoms with Crippen molar-refractivity contribution in [3.05, 3.63) is 70.1 Å². The van der Waals surface area contributed by atoms with Crippen LogP contribution < -0.4 is 15.1 Å². The maximum atomic E-state index is 13.0. The highest BCUT2D eigenvalue weighted by Gasteiger charge is 2.31. The molecule has 0 saturated carbocycles. The lowest BCUT2D eigenvalue weighted by molar-refractivity contribution is -0.137. The molecule has 5 nitrogen and oxygen atoms in total. The number of benzene rings is 2. The molecular formula is C23H23F3N2O3. The second-order valence-corrected chi connectivity index (χ2v) is 7.54. The van der Waals surface area contributed by atoms with Gasteiger partial charge < -0.3 is 14.1 Å². The number of rotatable bonds is 5. The van der Waals surface area contributed by atoms with Gasteiger partial charge in [-0.25, -0.2) is 0 Å². The maximum Gasteiger partial charge on any atom is 0.416 e. The fraction of sp³-hybridized carbons (Fsp3) is 0.348. The van der Waals surface area contributed by atoms with Crippen LogP contribution in [0.25, 0.3) is 11.0 Å². The first kappa shape index (κ1) is 21.2. The molecular weight excluding hydrogens is 409 g/mol. The van der Waals surface area contributed by atoms with E-state index in [1.807, 2.05) is 4.90 Å². The van der Waals surface area contributed by atoms with Gasteiger partial charge in [0, 0.05) is 50.9 Å². The van der Waals surface area contributed by atoms with Crippen LogP contribution in [0.1, 0.15) is 11.3 Å². The van der Waals surface area contributed by atoms with Crippen LogP contribution in [0.3, 0.4) is 0 Å². The summed E-state index contributed by atoms with van der Waals surface area (Å²) < 4.78 is 50.0. The molecule has 0 aliphatic carbocycles. The topological polar surface area (TPSA) is 45.9 Å². The Morgan fingerprint density at radius 1 is 1.03 bits per heavy atom. The van der Waals surface area contributed by atoms with Crippen molar-refractivity contribution in [1.82, 2.24) is 4.90 Å². The summed E-state index contributed by atoms with van der Waals surface area (Å²) in [6.45, 7) is 3.43. The molecule has 0 spiro atoms. The molecule has 2 heterocycles. The largest absolute Gasteiger partial charge is 0.496 e. The van der Waals surface area contributed by atoms with Crippen molar-refractivity contribution >= 4 is 16.7 Å². The Bertz CT molecular complexity index is 1120. The summed E-state index contributed by atoms with van der Waals surface area (Å²) in [6.07, 6.45) is -3.77. The van der Waals surface area contributed by atoms with Crippen LogP contribution in [0.5, 0.6) is 5.75 Å². The van der Waals surface area contributed by atoms with Gasteiger partial charge in [-0.2, -0.15) is 13.2 Å². The molecule has 164 valence electrons. The van der Waals surface area contributed by atoms with Crippen LogP contribution in [0.2, 0.25) is 0 Å². The summed E-state index contributed by atoms with van der Waals surface area (Å²) in [5, 5.41) is 0.434. The first-order valence-corrected chi connectivity index (χ1v) is 10.1. The van der Waals surface area contributed by atoms with Gasteiger partial charge in [0.25, 0.3) is 0 Å². The lowest BCUT2D eigenvalue weighted by Gasteiger charge is -2.36. The second kappa shape index (κ2) is 8.63. The molecule has 0 atom stereocenters. The molecule has 31 heavy (non-hydrogen) atoms. The van der Waals surface area contributed by atoms with Gasteiger partial charge in [0.1, 0.15) is 22.5 Å². The Morgan fingerprint density at radius 2 is 1.77 bits per heavy atom. The number of methoxy groups -OCH3 is 1. The molecule has 2 aromatic carbocycles. The summed E-state index contributed by atoms with van der Waals surface area (Å²) in [7, 11) is 1.52. The van der Waals surface area contributed by atoms with E-state index < -0.39 is 11.7 Å². The minimum atomic E-state index is -4.34. The van der Waals surface area contributed by atoms with Gasteiger partial charge in [0.2, 0.25) is 0 Å². The standard InChI is InChI=1S/C23H23F3N2O3/c1-30-20-6-3-7-21-22(20)19(29)15-18(31-21)8-9-27-10-12-28(13-11-27)17-5-2-4-16(14-17)23(24,25)26/h2-7,14-15H,8-13H2,1H3. The second-order valence-electron chi connectivity index (χ2n) is 7.54. The Morgan fingerprint density at radius 3 is 2.48 bits per heavy atom. The van der Waals surface area contributed by atoms with E-state index in [0.717, 1.165) is 19.2 Å². The molecule has 1 aliphatic rings. The smallest absolute Gasteiger partial charge is 0.416 e. The van der Waals surface area contributed by atoms with Crippen molar-refractivity contribution < 1.29 is 22.3 Å². The van der Waals surface area contributed by atoms with E-state index >= 15 is 0 Å². The first-order valence-electron chi connectivity index (χ1n) is 10.1. The molecule has 1 saturated heterocycles. The maximum absolute atomic E-state index is 13.0. The predicted molar refractivity (Wildman–Crippen MR) is 113 cm³/mol. The molecule has 4 rings (SSSR count). The van der Waals surface area contributed by atoms with Crippen LogP contribution in [0, 0.1) is 0 Å². The van der Waals surface area contributed by atoms with Crippen molar-refractivity contribution in [3.63, 3.8) is 0 Å². The third kappa shape index (κ3) is 4.69. The van der Waals surface area contributed by atoms with Crippen LogP contribution in [0.15, 0.2) is 57.7 Å². The molecule has 0 unspecified atom stereocenters. The fourth-order valence-corrected chi connectivity index (χ4v) is 3.90. The number of alkyl halides is 3. The number of nitrogens with zero attached hydrogens (tertiary/aromatic N) is 2. The Kier molecular flexibility index (Phi) is 5.91. The van der Waals surface area contributed by atoms with Gasteiger partial charge in [-0.1, -0.05) is 12.1 Å². The minimum Gasteiger partial charge on any atom is -0.496 e. The average molecular weight is 432 g/mol. The summed E-state index contributed by atoms with van der Waals surface area (Å²) in [5.74, 6) is 1.09. The lowest BCUT2D eigenvalue weighted by Crippen LogP contribution is -2.47. The van der Waals surface area contributed by atoms with Gasteiger partial charge in [0.05, 0.1) is 12.7 Å². The quantitative estimate of drug-likeness (QED) is 0.605. The third-order valence-corrected chi connectivity index (χ3v) is 5.57. The Labute approximate surface area is 177 Å². The Hall–Kier alpha value is -3.00. The fourth-order valence-electron chi connectivity index (χ4n) is 3.90. The summed E-state index contributed by atoms with van der Waals surface area (Å²) in [5.41, 5.74) is 0.318. The SMILES string of the molecule is COc1cccc2oc(CCN3CCN(c4cccc(C(F)(F)F)c4)CC3)cc(=O)c12. The molecule has 1 fully saturated rings. The van der Waals surface area contributed by atoms with Gasteiger partial charge in [0.15, 0.2) is 5.43 Å². The van der Waals surface area contributed by atoms with Crippen LogP contribution in [-0.2, 0) is 12.6 Å². The number of piperazine rings is 1. The van der Waals surface area contributed by atoms with Crippen LogP contribution in [0.4, 0.5) is 18.9 Å². The molecule has 0 radical (unpaired) electrons. The first-order chi connectivity index (χ1) is 14.8. The van der Waals surface area contributed by atoms with Gasteiger partial charge in [-0.3, -0.25) is 9.69 Å². The highest BCUT2D eigenvalue weighted by Crippen LogP contribution is 2.32. The molecule has 0 amide bonds. The summed E-state index contributed by atoms with van der Waals surface area (Å²) in [6, 6.07) is 12.2. The molecule has 1 aromatic heterocycles. The van der Waals surface area contributed by atoms with E-state index in [9.17, 15) is 18.0 Å². The van der Waals surface area contributed by atoms with Gasteiger partial charge >= 0.3 is 6.18 Å². The lowest BCUT2D eigenvalue weighted by atomic mass is 10.1. The number of fused-ring (bicyclic) bond motifs is 1. The van der Waals surface area contributed by atoms with Gasteiger partial charge in [-0.15, -0.1) is 0 Å². The normalized spacial score (nSPS) is 15.4. The van der Waals surface area contributed by atoms with Crippen molar-refractivity contribution in [2.75, 3.05) is 44.7 Å². The zero-order valence-electron chi connectivity index (χ0n) is 17.1. The van der Waals surface area contributed by atoms with Crippen LogP contribution in [-0.4, -0.2) is 44.7 Å². The van der Waals surface area contributed by atoms with Crippen molar-refractivity contribution in [1.29, 1.82) is 0 Å².